The van der Waals surface area contributed by atoms with Crippen LogP contribution in [-0.4, -0.2) is 72.3 Å². The SMILES string of the molecule is CCOc1cc2c3cc(c(OC)cc3n1)CCC[C@H]1CCC[C@H]1OC(=O)N[C@@H](C1CCCCC1)C(=O)N1C[C@@H](C[C@H]1C(N)=O)O2. The molecule has 0 radical (unpaired) electrons. The third-order valence-electron chi connectivity index (χ3n) is 10.1. The van der Waals surface area contributed by atoms with Gasteiger partial charge in [-0.1, -0.05) is 19.3 Å². The maximum absolute atomic E-state index is 14.3. The van der Waals surface area contributed by atoms with Gasteiger partial charge >= 0.3 is 6.09 Å². The van der Waals surface area contributed by atoms with Crippen LogP contribution in [0, 0.1) is 11.8 Å². The van der Waals surface area contributed by atoms with Crippen LogP contribution in [0.1, 0.15) is 83.1 Å². The molecular weight excluding hydrogens is 576 g/mol. The van der Waals surface area contributed by atoms with Crippen LogP contribution >= 0.6 is 0 Å². The highest BCUT2D eigenvalue weighted by Gasteiger charge is 2.45. The maximum atomic E-state index is 14.3. The number of hydrogen-bond acceptors (Lipinski definition) is 8. The summed E-state index contributed by atoms with van der Waals surface area (Å²) < 4.78 is 24.2. The molecule has 1 aromatic heterocycles. The van der Waals surface area contributed by atoms with Gasteiger partial charge in [-0.2, -0.15) is 0 Å². The minimum atomic E-state index is -0.858. The van der Waals surface area contributed by atoms with Crippen LogP contribution in [0.3, 0.4) is 0 Å². The molecule has 11 heteroatoms. The molecule has 45 heavy (non-hydrogen) atoms. The lowest BCUT2D eigenvalue weighted by Crippen LogP contribution is -2.56. The van der Waals surface area contributed by atoms with Crippen molar-refractivity contribution >= 4 is 28.8 Å². The summed E-state index contributed by atoms with van der Waals surface area (Å²) in [4.78, 5) is 46.6. The molecule has 1 aromatic carbocycles. The number of aromatic nitrogens is 1. The number of nitrogens with two attached hydrogens (primary N) is 1. The molecule has 3 heterocycles. The van der Waals surface area contributed by atoms with E-state index in [1.54, 1.807) is 13.2 Å². The van der Waals surface area contributed by atoms with E-state index in [0.717, 1.165) is 87.3 Å². The minimum Gasteiger partial charge on any atom is -0.496 e. The van der Waals surface area contributed by atoms with E-state index in [4.69, 9.17) is 29.7 Å². The molecule has 3 fully saturated rings. The van der Waals surface area contributed by atoms with Crippen LogP contribution in [0.2, 0.25) is 0 Å². The van der Waals surface area contributed by atoms with Gasteiger partial charge in [0.05, 0.1) is 25.8 Å². The number of alkyl carbamates (subject to hydrolysis) is 1. The maximum Gasteiger partial charge on any atom is 0.408 e. The lowest BCUT2D eigenvalue weighted by atomic mass is 9.83. The Labute approximate surface area is 264 Å². The number of nitrogens with one attached hydrogen (secondary N) is 1. The Bertz CT molecular complexity index is 1410. The summed E-state index contributed by atoms with van der Waals surface area (Å²) in [6.07, 6.45) is 9.11. The number of primary amides is 1. The summed E-state index contributed by atoms with van der Waals surface area (Å²) >= 11 is 0. The number of carbonyl (C=O) groups excluding carboxylic acids is 3. The number of carbonyl (C=O) groups is 3. The molecule has 2 aliphatic carbocycles. The third-order valence-corrected chi connectivity index (χ3v) is 10.1. The molecular formula is C34H46N4O7. The molecule has 6 rings (SSSR count). The number of fused-ring (bicyclic) bond motifs is 4. The van der Waals surface area contributed by atoms with Gasteiger partial charge in [0.2, 0.25) is 17.7 Å². The first kappa shape index (κ1) is 31.2. The lowest BCUT2D eigenvalue weighted by Gasteiger charge is -2.34. The standard InChI is InChI=1S/C34H46N4O7/c1-3-43-30-18-29-24-15-22(28(42-2)17-25(24)36-30)13-7-11-20-12-8-14-27(20)45-34(41)37-31(21-9-5-4-6-10-21)33(40)38-19-23(44-29)16-26(38)32(35)39/h15,17-18,20-21,23,26-27,31H,3-14,16,19H2,1-2H3,(H2,35,39)(H,37,41)/t20-,23+,26-,27+,31-/m0/s1. The molecule has 1 saturated heterocycles. The van der Waals surface area contributed by atoms with Crippen molar-refractivity contribution in [3.05, 3.63) is 23.8 Å². The fourth-order valence-electron chi connectivity index (χ4n) is 7.89. The van der Waals surface area contributed by atoms with Gasteiger partial charge in [-0.05, 0) is 81.8 Å². The van der Waals surface area contributed by atoms with Crippen molar-refractivity contribution in [1.82, 2.24) is 15.2 Å². The normalized spacial score (nSPS) is 28.0. The van der Waals surface area contributed by atoms with Crippen LogP contribution < -0.4 is 25.3 Å². The van der Waals surface area contributed by atoms with Gasteiger partial charge in [0.1, 0.15) is 35.8 Å². The van der Waals surface area contributed by atoms with E-state index in [1.165, 1.54) is 4.90 Å². The first-order valence-electron chi connectivity index (χ1n) is 16.7. The second kappa shape index (κ2) is 13.7. The topological polar surface area (TPSA) is 142 Å². The first-order chi connectivity index (χ1) is 21.8. The third kappa shape index (κ3) is 6.77. The quantitative estimate of drug-likeness (QED) is 0.491. The number of benzene rings is 1. The van der Waals surface area contributed by atoms with E-state index in [-0.39, 0.29) is 36.8 Å². The molecule has 2 saturated carbocycles. The van der Waals surface area contributed by atoms with E-state index < -0.39 is 30.2 Å². The first-order valence-corrected chi connectivity index (χ1v) is 16.7. The summed E-state index contributed by atoms with van der Waals surface area (Å²) in [5.41, 5.74) is 7.58. The van der Waals surface area contributed by atoms with Gasteiger partial charge < -0.3 is 34.9 Å². The highest BCUT2D eigenvalue weighted by molar-refractivity contribution is 5.92. The van der Waals surface area contributed by atoms with E-state index in [1.807, 2.05) is 13.0 Å². The molecule has 0 spiro atoms. The zero-order chi connectivity index (χ0) is 31.5. The van der Waals surface area contributed by atoms with Crippen LogP contribution in [0.25, 0.3) is 10.9 Å². The molecule has 2 aromatic rings. The van der Waals surface area contributed by atoms with Crippen molar-refractivity contribution in [2.45, 2.75) is 108 Å². The molecule has 5 atom stereocenters. The summed E-state index contributed by atoms with van der Waals surface area (Å²) in [6.45, 7) is 2.49. The molecule has 3 N–H and O–H groups in total. The number of rotatable bonds is 5. The van der Waals surface area contributed by atoms with E-state index in [2.05, 4.69) is 11.4 Å². The van der Waals surface area contributed by atoms with Gasteiger partial charge in [-0.15, -0.1) is 0 Å². The fourth-order valence-corrected chi connectivity index (χ4v) is 7.89. The van der Waals surface area contributed by atoms with Crippen molar-refractivity contribution in [2.24, 2.45) is 17.6 Å². The highest BCUT2D eigenvalue weighted by Crippen LogP contribution is 2.38. The molecule has 4 bridgehead atoms. The number of hydrogen-bond donors (Lipinski definition) is 2. The van der Waals surface area contributed by atoms with Gasteiger partial charge in [-0.3, -0.25) is 9.59 Å². The lowest BCUT2D eigenvalue weighted by molar-refractivity contribution is -0.140. The summed E-state index contributed by atoms with van der Waals surface area (Å²) in [5.74, 6) is 1.03. The Morgan fingerprint density at radius 2 is 1.80 bits per heavy atom. The van der Waals surface area contributed by atoms with Crippen LogP contribution in [0.5, 0.6) is 17.4 Å². The van der Waals surface area contributed by atoms with Crippen molar-refractivity contribution in [1.29, 1.82) is 0 Å². The van der Waals surface area contributed by atoms with Crippen LogP contribution in [0.4, 0.5) is 4.79 Å². The van der Waals surface area contributed by atoms with E-state index in [9.17, 15) is 14.4 Å². The largest absolute Gasteiger partial charge is 0.496 e. The number of methoxy groups -OCH3 is 1. The number of pyridine rings is 1. The van der Waals surface area contributed by atoms with Crippen molar-refractivity contribution in [2.75, 3.05) is 20.3 Å². The van der Waals surface area contributed by atoms with Crippen molar-refractivity contribution in [3.63, 3.8) is 0 Å². The van der Waals surface area contributed by atoms with Gasteiger partial charge in [0.15, 0.2) is 0 Å². The fraction of sp³-hybridized carbons (Fsp3) is 0.647. The Kier molecular flexibility index (Phi) is 9.51. The molecule has 244 valence electrons. The zero-order valence-corrected chi connectivity index (χ0v) is 26.4. The summed E-state index contributed by atoms with van der Waals surface area (Å²) in [7, 11) is 1.65. The second-order valence-electron chi connectivity index (χ2n) is 13.0. The van der Waals surface area contributed by atoms with Crippen LogP contribution in [-0.2, 0) is 20.7 Å². The molecule has 11 nitrogen and oxygen atoms in total. The molecule has 0 unspecified atom stereocenters. The predicted molar refractivity (Wildman–Crippen MR) is 167 cm³/mol. The van der Waals surface area contributed by atoms with Crippen molar-refractivity contribution in [3.8, 4) is 17.4 Å². The van der Waals surface area contributed by atoms with Crippen molar-refractivity contribution < 1.29 is 33.3 Å². The molecule has 2 aliphatic heterocycles. The van der Waals surface area contributed by atoms with E-state index in [0.29, 0.717) is 23.8 Å². The number of amides is 3. The van der Waals surface area contributed by atoms with Crippen LogP contribution in [0.15, 0.2) is 18.2 Å². The highest BCUT2D eigenvalue weighted by atomic mass is 16.6. The average Bonchev–Trinajstić information content (AvgIpc) is 3.66. The monoisotopic (exact) mass is 622 g/mol. The number of aryl methyl sites for hydroxylation is 1. The van der Waals surface area contributed by atoms with Gasteiger partial charge in [0, 0.05) is 23.9 Å². The molecule has 3 amide bonds. The van der Waals surface area contributed by atoms with Gasteiger partial charge in [0.25, 0.3) is 0 Å². The minimum absolute atomic E-state index is 0.0384. The second-order valence-corrected chi connectivity index (χ2v) is 13.0. The Morgan fingerprint density at radius 1 is 1.02 bits per heavy atom. The predicted octanol–water partition coefficient (Wildman–Crippen LogP) is 4.66. The zero-order valence-electron chi connectivity index (χ0n) is 26.4. The Balaban J connectivity index is 1.40. The Morgan fingerprint density at radius 3 is 2.56 bits per heavy atom. The van der Waals surface area contributed by atoms with E-state index >= 15 is 0 Å². The van der Waals surface area contributed by atoms with Gasteiger partial charge in [-0.25, -0.2) is 9.78 Å². The number of ether oxygens (including phenoxy) is 4. The summed E-state index contributed by atoms with van der Waals surface area (Å²) in [5, 5.41) is 3.78. The average molecular weight is 623 g/mol. The molecule has 4 aliphatic rings. The number of nitrogens with zero attached hydrogens (tertiary/aromatic N) is 2. The summed E-state index contributed by atoms with van der Waals surface area (Å²) in [6, 6.07) is 4.10. The smallest absolute Gasteiger partial charge is 0.408 e. The Hall–Kier alpha value is -3.76.